The van der Waals surface area contributed by atoms with Gasteiger partial charge < -0.3 is 4.74 Å². The second-order valence-corrected chi connectivity index (χ2v) is 5.67. The number of ether oxygens (including phenoxy) is 1. The zero-order chi connectivity index (χ0) is 17.6. The van der Waals surface area contributed by atoms with Gasteiger partial charge in [0.05, 0.1) is 11.9 Å². The van der Waals surface area contributed by atoms with E-state index >= 15 is 0 Å². The molecule has 25 heavy (non-hydrogen) atoms. The van der Waals surface area contributed by atoms with E-state index in [-0.39, 0.29) is 5.56 Å². The van der Waals surface area contributed by atoms with E-state index in [0.29, 0.717) is 5.13 Å². The lowest BCUT2D eigenvalue weighted by Gasteiger charge is -2.08. The highest BCUT2D eigenvalue weighted by Gasteiger charge is 2.13. The van der Waals surface area contributed by atoms with Gasteiger partial charge in [-0.15, -0.1) is 11.3 Å². The molecule has 0 aliphatic rings. The number of aromatic nitrogens is 1. The highest BCUT2D eigenvalue weighted by atomic mass is 32.1. The summed E-state index contributed by atoms with van der Waals surface area (Å²) < 4.78 is 42.5. The van der Waals surface area contributed by atoms with E-state index in [9.17, 15) is 13.2 Å². The summed E-state index contributed by atoms with van der Waals surface area (Å²) in [6.45, 7) is -3.12. The van der Waals surface area contributed by atoms with Crippen LogP contribution in [0.4, 0.5) is 18.3 Å². The Morgan fingerprint density at radius 1 is 1.12 bits per heavy atom. The molecule has 4 nitrogen and oxygen atoms in total. The molecule has 0 atom stereocenters. The Bertz CT molecular complexity index is 869. The molecular weight excluding hydrogens is 351 g/mol. The zero-order valence-corrected chi connectivity index (χ0v) is 13.5. The Hall–Kier alpha value is -2.87. The van der Waals surface area contributed by atoms with Crippen molar-refractivity contribution < 1.29 is 17.9 Å². The predicted octanol–water partition coefficient (Wildman–Crippen LogP) is 5.00. The van der Waals surface area contributed by atoms with Gasteiger partial charge in [0.25, 0.3) is 0 Å². The summed E-state index contributed by atoms with van der Waals surface area (Å²) in [6.07, 6.45) is 1.20. The van der Waals surface area contributed by atoms with Crippen molar-refractivity contribution >= 4 is 22.7 Å². The topological polar surface area (TPSA) is 46.5 Å². The molecule has 1 heterocycles. The number of alkyl halides is 2. The summed E-state index contributed by atoms with van der Waals surface area (Å²) in [5.74, 6) is -1.43. The third kappa shape index (κ3) is 4.36. The van der Waals surface area contributed by atoms with Gasteiger partial charge in [0.2, 0.25) is 5.13 Å². The van der Waals surface area contributed by atoms with E-state index in [1.54, 1.807) is 0 Å². The van der Waals surface area contributed by atoms with Crippen molar-refractivity contribution in [2.24, 2.45) is 5.10 Å². The van der Waals surface area contributed by atoms with E-state index in [2.05, 4.69) is 20.2 Å². The van der Waals surface area contributed by atoms with Crippen LogP contribution in [0.1, 0.15) is 5.56 Å². The molecule has 0 unspecified atom stereocenters. The van der Waals surface area contributed by atoms with Crippen LogP contribution < -0.4 is 10.2 Å². The molecule has 0 fully saturated rings. The molecule has 8 heteroatoms. The van der Waals surface area contributed by atoms with Gasteiger partial charge in [0.15, 0.2) is 11.6 Å². The van der Waals surface area contributed by atoms with Crippen molar-refractivity contribution in [1.29, 1.82) is 0 Å². The van der Waals surface area contributed by atoms with Gasteiger partial charge in [-0.3, -0.25) is 5.43 Å². The number of rotatable bonds is 6. The lowest BCUT2D eigenvalue weighted by Crippen LogP contribution is -2.06. The number of benzene rings is 2. The third-order valence-electron chi connectivity index (χ3n) is 3.14. The first kappa shape index (κ1) is 17.0. The van der Waals surface area contributed by atoms with Gasteiger partial charge in [-0.2, -0.15) is 13.9 Å². The van der Waals surface area contributed by atoms with E-state index < -0.39 is 18.2 Å². The van der Waals surface area contributed by atoms with Crippen LogP contribution in [0.5, 0.6) is 5.75 Å². The van der Waals surface area contributed by atoms with Crippen molar-refractivity contribution in [1.82, 2.24) is 4.98 Å². The third-order valence-corrected chi connectivity index (χ3v) is 3.89. The molecule has 0 bridgehead atoms. The number of nitrogens with one attached hydrogen (secondary N) is 1. The maximum absolute atomic E-state index is 13.6. The molecule has 1 N–H and O–H groups in total. The molecule has 0 saturated carbocycles. The quantitative estimate of drug-likeness (QED) is 0.495. The lowest BCUT2D eigenvalue weighted by atomic mass is 10.2. The number of hydrogen-bond acceptors (Lipinski definition) is 5. The molecule has 0 spiro atoms. The summed E-state index contributed by atoms with van der Waals surface area (Å²) in [6, 6.07) is 13.4. The standard InChI is InChI=1S/C17H12F3N3OS/c18-13-8-4-7-12(15(13)24-16(19)20)9-21-23-17-22-14(10-25-17)11-5-2-1-3-6-11/h1-10,16H,(H,22,23). The Morgan fingerprint density at radius 3 is 2.68 bits per heavy atom. The largest absolute Gasteiger partial charge is 0.431 e. The minimum absolute atomic E-state index is 0.0904. The maximum atomic E-state index is 13.6. The SMILES string of the molecule is Fc1cccc(C=NNc2nc(-c3ccccc3)cs2)c1OC(F)F. The van der Waals surface area contributed by atoms with Gasteiger partial charge in [-0.25, -0.2) is 9.37 Å². The van der Waals surface area contributed by atoms with E-state index in [1.807, 2.05) is 35.7 Å². The Labute approximate surface area is 145 Å². The predicted molar refractivity (Wildman–Crippen MR) is 91.8 cm³/mol. The van der Waals surface area contributed by atoms with Gasteiger partial charge in [-0.1, -0.05) is 36.4 Å². The van der Waals surface area contributed by atoms with E-state index in [0.717, 1.165) is 17.3 Å². The fourth-order valence-corrected chi connectivity index (χ4v) is 2.73. The average Bonchev–Trinajstić information content (AvgIpc) is 3.07. The first-order chi connectivity index (χ1) is 12.1. The van der Waals surface area contributed by atoms with Crippen LogP contribution in [0.15, 0.2) is 59.0 Å². The number of anilines is 1. The van der Waals surface area contributed by atoms with Crippen molar-refractivity contribution in [2.75, 3.05) is 5.43 Å². The second-order valence-electron chi connectivity index (χ2n) is 4.81. The lowest BCUT2D eigenvalue weighted by molar-refractivity contribution is -0.0522. The average molecular weight is 363 g/mol. The van der Waals surface area contributed by atoms with Gasteiger partial charge in [-0.05, 0) is 12.1 Å². The molecule has 0 saturated heterocycles. The van der Waals surface area contributed by atoms with Gasteiger partial charge in [0.1, 0.15) is 0 Å². The number of thiazole rings is 1. The van der Waals surface area contributed by atoms with Gasteiger partial charge in [0, 0.05) is 16.5 Å². The zero-order valence-electron chi connectivity index (χ0n) is 12.7. The fourth-order valence-electron chi connectivity index (χ4n) is 2.06. The van der Waals surface area contributed by atoms with Crippen molar-refractivity contribution in [3.05, 3.63) is 65.3 Å². The van der Waals surface area contributed by atoms with Gasteiger partial charge >= 0.3 is 6.61 Å². The Balaban J connectivity index is 1.72. The van der Waals surface area contributed by atoms with Crippen molar-refractivity contribution in [3.8, 4) is 17.0 Å². The molecule has 0 aliphatic carbocycles. The fraction of sp³-hybridized carbons (Fsp3) is 0.0588. The van der Waals surface area contributed by atoms with Crippen LogP contribution in [0.25, 0.3) is 11.3 Å². The summed E-state index contributed by atoms with van der Waals surface area (Å²) in [7, 11) is 0. The van der Waals surface area contributed by atoms with Crippen LogP contribution in [0.3, 0.4) is 0 Å². The van der Waals surface area contributed by atoms with E-state index in [4.69, 9.17) is 0 Å². The second kappa shape index (κ2) is 7.80. The number of para-hydroxylation sites is 1. The number of halogens is 3. The molecule has 1 aromatic heterocycles. The van der Waals surface area contributed by atoms with Crippen LogP contribution in [-0.2, 0) is 0 Å². The first-order valence-electron chi connectivity index (χ1n) is 7.17. The molecule has 3 rings (SSSR count). The maximum Gasteiger partial charge on any atom is 0.387 e. The van der Waals surface area contributed by atoms with Crippen LogP contribution in [0.2, 0.25) is 0 Å². The normalized spacial score (nSPS) is 11.2. The molecule has 3 aromatic rings. The summed E-state index contributed by atoms with van der Waals surface area (Å²) >= 11 is 1.34. The number of nitrogens with zero attached hydrogens (tertiary/aromatic N) is 2. The minimum Gasteiger partial charge on any atom is -0.431 e. The van der Waals surface area contributed by atoms with Crippen LogP contribution in [-0.4, -0.2) is 17.8 Å². The summed E-state index contributed by atoms with van der Waals surface area (Å²) in [5.41, 5.74) is 4.54. The number of hydrazone groups is 1. The highest BCUT2D eigenvalue weighted by Crippen LogP contribution is 2.25. The van der Waals surface area contributed by atoms with Crippen LogP contribution in [0, 0.1) is 5.82 Å². The highest BCUT2D eigenvalue weighted by molar-refractivity contribution is 7.14. The van der Waals surface area contributed by atoms with E-state index in [1.165, 1.54) is 29.7 Å². The van der Waals surface area contributed by atoms with Crippen molar-refractivity contribution in [3.63, 3.8) is 0 Å². The smallest absolute Gasteiger partial charge is 0.387 e. The Morgan fingerprint density at radius 2 is 1.92 bits per heavy atom. The monoisotopic (exact) mass is 363 g/mol. The molecular formula is C17H12F3N3OS. The van der Waals surface area contributed by atoms with Crippen LogP contribution >= 0.6 is 11.3 Å². The molecule has 0 amide bonds. The first-order valence-corrected chi connectivity index (χ1v) is 8.05. The Kier molecular flexibility index (Phi) is 5.30. The molecule has 0 radical (unpaired) electrons. The minimum atomic E-state index is -3.12. The summed E-state index contributed by atoms with van der Waals surface area (Å²) in [4.78, 5) is 4.37. The molecule has 2 aromatic carbocycles. The molecule has 0 aliphatic heterocycles. The van der Waals surface area contributed by atoms with Crippen molar-refractivity contribution in [2.45, 2.75) is 6.61 Å². The number of hydrogen-bond donors (Lipinski definition) is 1. The summed E-state index contributed by atoms with van der Waals surface area (Å²) in [5, 5.41) is 6.29. The molecule has 128 valence electrons.